The summed E-state index contributed by atoms with van der Waals surface area (Å²) in [5, 5.41) is 9.35. The van der Waals surface area contributed by atoms with Gasteiger partial charge in [0, 0.05) is 11.8 Å². The van der Waals surface area contributed by atoms with Gasteiger partial charge >= 0.3 is 0 Å². The second-order valence-corrected chi connectivity index (χ2v) is 5.15. The van der Waals surface area contributed by atoms with Gasteiger partial charge in [-0.3, -0.25) is 20.4 Å². The van der Waals surface area contributed by atoms with Crippen LogP contribution in [0, 0.1) is 11.3 Å². The normalized spacial score (nSPS) is 9.59. The second kappa shape index (κ2) is 7.81. The molecule has 1 aromatic carbocycles. The van der Waals surface area contributed by atoms with E-state index in [-0.39, 0.29) is 17.6 Å². The summed E-state index contributed by atoms with van der Waals surface area (Å²) in [4.78, 5) is 27.4. The molecule has 1 heterocycles. The average Bonchev–Trinajstić information content (AvgIpc) is 2.58. The molecule has 2 rings (SSSR count). The number of hydrogen-bond donors (Lipinski definition) is 2. The highest BCUT2D eigenvalue weighted by atomic mass is 32.2. The Balaban J connectivity index is 1.79. The summed E-state index contributed by atoms with van der Waals surface area (Å²) in [6.45, 7) is 0. The standard InChI is InChI=1S/C15H12N4O2S/c16-9-11-6-7-17-14(8-11)22-10-13(20)18-19-15(21)12-4-2-1-3-5-12/h1-8H,10H2,(H,18,20)(H,19,21). The topological polar surface area (TPSA) is 94.9 Å². The number of thioether (sulfide) groups is 1. The molecule has 0 atom stereocenters. The Labute approximate surface area is 131 Å². The number of nitrogens with one attached hydrogen (secondary N) is 2. The maximum Gasteiger partial charge on any atom is 0.269 e. The molecule has 6 nitrogen and oxygen atoms in total. The van der Waals surface area contributed by atoms with Crippen molar-refractivity contribution in [1.82, 2.24) is 15.8 Å². The Kier molecular flexibility index (Phi) is 5.51. The molecule has 1 aromatic heterocycles. The molecule has 22 heavy (non-hydrogen) atoms. The van der Waals surface area contributed by atoms with Crippen LogP contribution < -0.4 is 10.9 Å². The van der Waals surface area contributed by atoms with E-state index in [0.717, 1.165) is 0 Å². The fourth-order valence-corrected chi connectivity index (χ4v) is 2.22. The number of carbonyl (C=O) groups is 2. The first-order chi connectivity index (χ1) is 10.7. The largest absolute Gasteiger partial charge is 0.272 e. The van der Waals surface area contributed by atoms with Crippen LogP contribution >= 0.6 is 11.8 Å². The van der Waals surface area contributed by atoms with E-state index < -0.39 is 0 Å². The lowest BCUT2D eigenvalue weighted by atomic mass is 10.2. The van der Waals surface area contributed by atoms with Gasteiger partial charge in [-0.15, -0.1) is 0 Å². The summed E-state index contributed by atoms with van der Waals surface area (Å²) >= 11 is 1.18. The Bertz CT molecular complexity index is 713. The van der Waals surface area contributed by atoms with Crippen LogP contribution in [0.4, 0.5) is 0 Å². The van der Waals surface area contributed by atoms with E-state index in [9.17, 15) is 9.59 Å². The molecule has 0 saturated heterocycles. The van der Waals surface area contributed by atoms with Crippen LogP contribution in [0.5, 0.6) is 0 Å². The fraction of sp³-hybridized carbons (Fsp3) is 0.0667. The number of carbonyl (C=O) groups excluding carboxylic acids is 2. The van der Waals surface area contributed by atoms with Gasteiger partial charge in [0.15, 0.2) is 0 Å². The van der Waals surface area contributed by atoms with Crippen molar-refractivity contribution in [2.45, 2.75) is 5.03 Å². The summed E-state index contributed by atoms with van der Waals surface area (Å²) in [5.74, 6) is -0.668. The van der Waals surface area contributed by atoms with Gasteiger partial charge in [-0.25, -0.2) is 4.98 Å². The SMILES string of the molecule is N#Cc1ccnc(SCC(=O)NNC(=O)c2ccccc2)c1. The highest BCUT2D eigenvalue weighted by Crippen LogP contribution is 2.15. The maximum absolute atomic E-state index is 11.7. The minimum Gasteiger partial charge on any atom is -0.272 e. The van der Waals surface area contributed by atoms with E-state index in [4.69, 9.17) is 5.26 Å². The second-order valence-electron chi connectivity index (χ2n) is 4.15. The van der Waals surface area contributed by atoms with E-state index in [2.05, 4.69) is 15.8 Å². The molecule has 0 fully saturated rings. The number of amides is 2. The van der Waals surface area contributed by atoms with Crippen LogP contribution in [0.15, 0.2) is 53.7 Å². The van der Waals surface area contributed by atoms with Crippen LogP contribution in [0.25, 0.3) is 0 Å². The number of aromatic nitrogens is 1. The number of hydrazine groups is 1. The first-order valence-corrected chi connectivity index (χ1v) is 7.31. The molecule has 0 bridgehead atoms. The van der Waals surface area contributed by atoms with Gasteiger partial charge in [0.25, 0.3) is 5.91 Å². The summed E-state index contributed by atoms with van der Waals surface area (Å²) in [6.07, 6.45) is 1.51. The molecule has 0 spiro atoms. The molecule has 0 radical (unpaired) electrons. The van der Waals surface area contributed by atoms with E-state index in [1.165, 1.54) is 18.0 Å². The Morgan fingerprint density at radius 1 is 1.18 bits per heavy atom. The first kappa shape index (κ1) is 15.5. The van der Waals surface area contributed by atoms with Gasteiger partial charge in [-0.2, -0.15) is 5.26 Å². The highest BCUT2D eigenvalue weighted by Gasteiger charge is 2.07. The zero-order valence-electron chi connectivity index (χ0n) is 11.4. The van der Waals surface area contributed by atoms with Crippen LogP contribution in [0.2, 0.25) is 0 Å². The van der Waals surface area contributed by atoms with Crippen molar-refractivity contribution in [2.24, 2.45) is 0 Å². The number of benzene rings is 1. The molecule has 7 heteroatoms. The van der Waals surface area contributed by atoms with Crippen molar-refractivity contribution in [3.63, 3.8) is 0 Å². The summed E-state index contributed by atoms with van der Waals surface area (Å²) in [5.41, 5.74) is 5.60. The van der Waals surface area contributed by atoms with E-state index in [1.54, 1.807) is 42.5 Å². The Hall–Kier alpha value is -2.85. The van der Waals surface area contributed by atoms with Gasteiger partial charge in [-0.1, -0.05) is 30.0 Å². The summed E-state index contributed by atoms with van der Waals surface area (Å²) < 4.78 is 0. The van der Waals surface area contributed by atoms with Crippen molar-refractivity contribution in [1.29, 1.82) is 5.26 Å². The van der Waals surface area contributed by atoms with Gasteiger partial charge in [0.2, 0.25) is 5.91 Å². The van der Waals surface area contributed by atoms with E-state index >= 15 is 0 Å². The predicted molar refractivity (Wildman–Crippen MR) is 81.7 cm³/mol. The number of pyridine rings is 1. The van der Waals surface area contributed by atoms with Gasteiger partial charge < -0.3 is 0 Å². The zero-order valence-corrected chi connectivity index (χ0v) is 12.3. The molecule has 2 amide bonds. The van der Waals surface area contributed by atoms with Crippen molar-refractivity contribution < 1.29 is 9.59 Å². The third-order valence-corrected chi connectivity index (χ3v) is 3.49. The molecule has 0 unspecified atom stereocenters. The van der Waals surface area contributed by atoms with Crippen LogP contribution in [0.3, 0.4) is 0 Å². The molecule has 2 aromatic rings. The van der Waals surface area contributed by atoms with Gasteiger partial charge in [-0.05, 0) is 24.3 Å². The summed E-state index contributed by atoms with van der Waals surface area (Å²) in [6, 6.07) is 13.8. The summed E-state index contributed by atoms with van der Waals surface area (Å²) in [7, 11) is 0. The minimum absolute atomic E-state index is 0.0803. The lowest BCUT2D eigenvalue weighted by Crippen LogP contribution is -2.42. The monoisotopic (exact) mass is 312 g/mol. The highest BCUT2D eigenvalue weighted by molar-refractivity contribution is 7.99. The molecule has 0 aliphatic carbocycles. The van der Waals surface area contributed by atoms with Gasteiger partial charge in [0.1, 0.15) is 0 Å². The molecule has 0 aliphatic heterocycles. The minimum atomic E-state index is -0.386. The number of nitrogens with zero attached hydrogens (tertiary/aromatic N) is 2. The van der Waals surface area contributed by atoms with Crippen molar-refractivity contribution in [3.8, 4) is 6.07 Å². The van der Waals surface area contributed by atoms with E-state index in [1.807, 2.05) is 6.07 Å². The number of rotatable bonds is 4. The molecule has 2 N–H and O–H groups in total. The van der Waals surface area contributed by atoms with Crippen molar-refractivity contribution >= 4 is 23.6 Å². The molecule has 0 saturated carbocycles. The third-order valence-electron chi connectivity index (χ3n) is 2.57. The fourth-order valence-electron chi connectivity index (χ4n) is 1.52. The zero-order chi connectivity index (χ0) is 15.8. The molecule has 0 aliphatic rings. The molecule has 110 valence electrons. The predicted octanol–water partition coefficient (Wildman–Crippen LogP) is 1.51. The number of nitriles is 1. The van der Waals surface area contributed by atoms with Crippen LogP contribution in [0.1, 0.15) is 15.9 Å². The average molecular weight is 312 g/mol. The Morgan fingerprint density at radius 3 is 2.68 bits per heavy atom. The van der Waals surface area contributed by atoms with Crippen molar-refractivity contribution in [2.75, 3.05) is 5.75 Å². The third kappa shape index (κ3) is 4.61. The van der Waals surface area contributed by atoms with E-state index in [0.29, 0.717) is 16.2 Å². The van der Waals surface area contributed by atoms with Gasteiger partial charge in [0.05, 0.1) is 22.4 Å². The quantitative estimate of drug-likeness (QED) is 0.659. The first-order valence-electron chi connectivity index (χ1n) is 6.32. The van der Waals surface area contributed by atoms with Crippen LogP contribution in [-0.2, 0) is 4.79 Å². The smallest absolute Gasteiger partial charge is 0.269 e. The molecular formula is C15H12N4O2S. The maximum atomic E-state index is 11.7. The van der Waals surface area contributed by atoms with Crippen molar-refractivity contribution in [3.05, 3.63) is 59.8 Å². The molecular weight excluding hydrogens is 300 g/mol. The lowest BCUT2D eigenvalue weighted by Gasteiger charge is -2.07. The van der Waals surface area contributed by atoms with Crippen LogP contribution in [-0.4, -0.2) is 22.6 Å². The Morgan fingerprint density at radius 2 is 1.95 bits per heavy atom. The number of hydrogen-bond acceptors (Lipinski definition) is 5. The lowest BCUT2D eigenvalue weighted by molar-refractivity contribution is -0.119.